The second-order valence-corrected chi connectivity index (χ2v) is 9.16. The van der Waals surface area contributed by atoms with E-state index in [-0.39, 0.29) is 12.0 Å². The quantitative estimate of drug-likeness (QED) is 0.570. The van der Waals surface area contributed by atoms with E-state index in [1.54, 1.807) is 23.9 Å². The van der Waals surface area contributed by atoms with Crippen LogP contribution < -0.4 is 10.2 Å². The maximum Gasteiger partial charge on any atom is 0.497 e. The van der Waals surface area contributed by atoms with E-state index in [1.165, 1.54) is 0 Å². The van der Waals surface area contributed by atoms with Gasteiger partial charge in [0.25, 0.3) is 0 Å². The Kier molecular flexibility index (Phi) is 5.79. The molecule has 1 unspecified atom stereocenters. The Morgan fingerprint density at radius 1 is 1.24 bits per heavy atom. The number of halogens is 1. The Balaban J connectivity index is 2.16. The van der Waals surface area contributed by atoms with Crippen LogP contribution in [0.15, 0.2) is 12.1 Å². The first kappa shape index (κ1) is 22.1. The van der Waals surface area contributed by atoms with Crippen LogP contribution in [0.2, 0.25) is 0 Å². The maximum atomic E-state index is 15.7. The van der Waals surface area contributed by atoms with Gasteiger partial charge in [-0.1, -0.05) is 6.07 Å². The van der Waals surface area contributed by atoms with Gasteiger partial charge in [-0.25, -0.2) is 13.3 Å². The third-order valence-corrected chi connectivity index (χ3v) is 6.24. The zero-order chi connectivity index (χ0) is 21.7. The van der Waals surface area contributed by atoms with Gasteiger partial charge in [0.1, 0.15) is 5.82 Å². The molecule has 0 saturated carbocycles. The first-order valence-electron chi connectivity index (χ1n) is 9.37. The van der Waals surface area contributed by atoms with Crippen LogP contribution in [0.25, 0.3) is 11.1 Å². The molecule has 1 aromatic heterocycles. The van der Waals surface area contributed by atoms with E-state index >= 15 is 4.39 Å². The van der Waals surface area contributed by atoms with E-state index in [0.717, 1.165) is 5.69 Å². The van der Waals surface area contributed by atoms with Gasteiger partial charge < -0.3 is 9.31 Å². The Morgan fingerprint density at radius 3 is 2.31 bits per heavy atom. The highest BCUT2D eigenvalue weighted by molar-refractivity contribution is 7.77. The second kappa shape index (κ2) is 7.59. The van der Waals surface area contributed by atoms with Crippen molar-refractivity contribution in [1.82, 2.24) is 14.5 Å². The van der Waals surface area contributed by atoms with E-state index in [4.69, 9.17) is 13.9 Å². The fraction of sp³-hybridized carbons (Fsp3) is 0.526. The zero-order valence-electron chi connectivity index (χ0n) is 17.8. The molecule has 1 aromatic carbocycles. The fourth-order valence-electron chi connectivity index (χ4n) is 3.44. The average Bonchev–Trinajstić information content (AvgIpc) is 2.97. The molecule has 2 heterocycles. The minimum atomic E-state index is -2.18. The molecule has 1 aliphatic heterocycles. The zero-order valence-corrected chi connectivity index (χ0v) is 18.6. The van der Waals surface area contributed by atoms with E-state index in [2.05, 4.69) is 9.82 Å². The van der Waals surface area contributed by atoms with E-state index in [9.17, 15) is 4.21 Å². The van der Waals surface area contributed by atoms with Gasteiger partial charge in [0.15, 0.2) is 0 Å². The first-order chi connectivity index (χ1) is 13.3. The number of nitrogens with one attached hydrogen (secondary N) is 1. The molecule has 10 heteroatoms. The van der Waals surface area contributed by atoms with Crippen LogP contribution in [0.3, 0.4) is 0 Å². The number of aryl methyl sites for hydroxylation is 2. The lowest BCUT2D eigenvalue weighted by Gasteiger charge is -2.32. The number of aromatic nitrogens is 2. The average molecular weight is 423 g/mol. The molecular formula is C19H27BFN3O4S. The van der Waals surface area contributed by atoms with Gasteiger partial charge in [0.05, 0.1) is 16.9 Å². The summed E-state index contributed by atoms with van der Waals surface area (Å²) in [7, 11) is 0.912. The molecule has 1 aliphatic rings. The molecule has 0 amide bonds. The molecular weight excluding hydrogens is 396 g/mol. The van der Waals surface area contributed by atoms with Crippen molar-refractivity contribution in [3.05, 3.63) is 34.9 Å². The molecule has 0 radical (unpaired) electrons. The van der Waals surface area contributed by atoms with Crippen molar-refractivity contribution in [2.45, 2.75) is 59.3 Å². The molecule has 0 aliphatic carbocycles. The summed E-state index contributed by atoms with van der Waals surface area (Å²) in [6.45, 7) is 11.4. The predicted molar refractivity (Wildman–Crippen MR) is 111 cm³/mol. The van der Waals surface area contributed by atoms with Crippen LogP contribution in [-0.2, 0) is 34.2 Å². The lowest BCUT2D eigenvalue weighted by atomic mass is 9.76. The van der Waals surface area contributed by atoms with E-state index in [1.807, 2.05) is 41.5 Å². The van der Waals surface area contributed by atoms with Crippen molar-refractivity contribution in [1.29, 1.82) is 0 Å². The van der Waals surface area contributed by atoms with Crippen LogP contribution in [0.4, 0.5) is 4.39 Å². The molecule has 7 nitrogen and oxygen atoms in total. The number of nitrogens with zero attached hydrogens (tertiary/aromatic N) is 2. The molecule has 158 valence electrons. The second-order valence-electron chi connectivity index (χ2n) is 8.37. The minimum Gasteiger partial charge on any atom is -0.399 e. The van der Waals surface area contributed by atoms with Crippen molar-refractivity contribution in [2.75, 3.05) is 0 Å². The summed E-state index contributed by atoms with van der Waals surface area (Å²) < 4.78 is 52.2. The lowest BCUT2D eigenvalue weighted by molar-refractivity contribution is 0.00578. The van der Waals surface area contributed by atoms with Crippen LogP contribution >= 0.6 is 0 Å². The van der Waals surface area contributed by atoms with Gasteiger partial charge in [0, 0.05) is 35.9 Å². The molecule has 1 saturated heterocycles. The summed E-state index contributed by atoms with van der Waals surface area (Å²) in [5, 5.41) is 4.39. The van der Waals surface area contributed by atoms with E-state index in [0.29, 0.717) is 22.4 Å². The van der Waals surface area contributed by atoms with Crippen molar-refractivity contribution in [3.8, 4) is 11.1 Å². The van der Waals surface area contributed by atoms with Crippen molar-refractivity contribution >= 4 is 23.8 Å². The molecule has 3 rings (SSSR count). The SMILES string of the molecule is Cc1nn(C)c(C)c1-c1cc(CNS(=O)O)cc(B2OC(C)(C)C(C)(C)O2)c1F. The third kappa shape index (κ3) is 4.04. The molecule has 1 fully saturated rings. The van der Waals surface area contributed by atoms with Gasteiger partial charge in [-0.05, 0) is 53.2 Å². The highest BCUT2D eigenvalue weighted by atomic mass is 32.2. The Labute approximate surface area is 173 Å². The highest BCUT2D eigenvalue weighted by Crippen LogP contribution is 2.37. The number of benzene rings is 1. The summed E-state index contributed by atoms with van der Waals surface area (Å²) in [4.78, 5) is 0. The van der Waals surface area contributed by atoms with Crippen molar-refractivity contribution < 1.29 is 22.5 Å². The lowest BCUT2D eigenvalue weighted by Crippen LogP contribution is -2.41. The summed E-state index contributed by atoms with van der Waals surface area (Å²) >= 11 is -2.18. The summed E-state index contributed by atoms with van der Waals surface area (Å²) in [6.07, 6.45) is 0. The molecule has 2 aromatic rings. The summed E-state index contributed by atoms with van der Waals surface area (Å²) in [6, 6.07) is 3.28. The normalized spacial score (nSPS) is 19.0. The predicted octanol–water partition coefficient (Wildman–Crippen LogP) is 2.37. The molecule has 0 bridgehead atoms. The Hall–Kier alpha value is -1.59. The van der Waals surface area contributed by atoms with Crippen LogP contribution in [0.1, 0.15) is 44.6 Å². The smallest absolute Gasteiger partial charge is 0.399 e. The standard InChI is InChI=1S/C19H27BFN3O4S/c1-11-16(12(2)24(7)23-11)14-8-13(10-22-29(25)26)9-15(17(14)21)20-27-18(3,4)19(5,6)28-20/h8-9,22H,10H2,1-7H3,(H,25,26). The van der Waals surface area contributed by atoms with Crippen LogP contribution in [-0.4, -0.2) is 36.9 Å². The monoisotopic (exact) mass is 423 g/mol. The largest absolute Gasteiger partial charge is 0.497 e. The maximum absolute atomic E-state index is 15.7. The van der Waals surface area contributed by atoms with Gasteiger partial charge in [-0.15, -0.1) is 0 Å². The van der Waals surface area contributed by atoms with Gasteiger partial charge in [0.2, 0.25) is 11.3 Å². The third-order valence-electron chi connectivity index (χ3n) is 5.85. The molecule has 29 heavy (non-hydrogen) atoms. The van der Waals surface area contributed by atoms with E-state index < -0.39 is 35.4 Å². The fourth-order valence-corrected chi connectivity index (χ4v) is 3.73. The van der Waals surface area contributed by atoms with Crippen molar-refractivity contribution in [2.24, 2.45) is 7.05 Å². The van der Waals surface area contributed by atoms with Crippen molar-refractivity contribution in [3.63, 3.8) is 0 Å². The van der Waals surface area contributed by atoms with Gasteiger partial charge in [-0.2, -0.15) is 5.10 Å². The van der Waals surface area contributed by atoms with Gasteiger partial charge in [-0.3, -0.25) is 9.23 Å². The Morgan fingerprint density at radius 2 is 1.83 bits per heavy atom. The molecule has 1 atom stereocenters. The number of hydrogen-bond acceptors (Lipinski definition) is 4. The topological polar surface area (TPSA) is 85.6 Å². The molecule has 0 spiro atoms. The van der Waals surface area contributed by atoms with Crippen LogP contribution in [0, 0.1) is 19.7 Å². The summed E-state index contributed by atoms with van der Waals surface area (Å²) in [5.41, 5.74) is 2.21. The molecule has 2 N–H and O–H groups in total. The number of rotatable bonds is 5. The minimum absolute atomic E-state index is 0.0846. The Bertz CT molecular complexity index is 961. The van der Waals surface area contributed by atoms with Crippen LogP contribution in [0.5, 0.6) is 0 Å². The summed E-state index contributed by atoms with van der Waals surface area (Å²) in [5.74, 6) is -0.448. The highest BCUT2D eigenvalue weighted by Gasteiger charge is 2.52. The number of hydrogen-bond donors (Lipinski definition) is 2. The van der Waals surface area contributed by atoms with Gasteiger partial charge >= 0.3 is 7.12 Å². The first-order valence-corrected chi connectivity index (χ1v) is 10.5.